The molecule has 1 aromatic heterocycles. The number of amides is 1. The van der Waals surface area contributed by atoms with Crippen LogP contribution in [0.15, 0.2) is 4.52 Å². The smallest absolute Gasteiger partial charge is 0.227 e. The van der Waals surface area contributed by atoms with Crippen LogP contribution >= 0.6 is 0 Å². The van der Waals surface area contributed by atoms with Crippen molar-refractivity contribution in [2.24, 2.45) is 0 Å². The van der Waals surface area contributed by atoms with E-state index in [9.17, 15) is 13.2 Å². The van der Waals surface area contributed by atoms with Gasteiger partial charge in [-0.15, -0.1) is 0 Å². The van der Waals surface area contributed by atoms with Crippen LogP contribution in [-0.4, -0.2) is 72.3 Å². The Kier molecular flexibility index (Phi) is 5.50. The minimum atomic E-state index is -3.22. The van der Waals surface area contributed by atoms with E-state index in [0.717, 1.165) is 49.8 Å². The Labute approximate surface area is 172 Å². The first kappa shape index (κ1) is 20.8. The highest BCUT2D eigenvalue weighted by Gasteiger charge is 2.47. The highest BCUT2D eigenvalue weighted by Crippen LogP contribution is 2.41. The van der Waals surface area contributed by atoms with E-state index in [0.29, 0.717) is 31.9 Å². The first-order chi connectivity index (χ1) is 13.7. The highest BCUT2D eigenvalue weighted by molar-refractivity contribution is 7.88. The molecular formula is C20H31N3O5S. The summed E-state index contributed by atoms with van der Waals surface area (Å²) in [5.41, 5.74) is 1.32. The van der Waals surface area contributed by atoms with E-state index in [-0.39, 0.29) is 23.6 Å². The molecule has 1 unspecified atom stereocenters. The van der Waals surface area contributed by atoms with Crippen LogP contribution < -0.4 is 0 Å². The number of sulfonamides is 1. The summed E-state index contributed by atoms with van der Waals surface area (Å²) < 4.78 is 37.8. The van der Waals surface area contributed by atoms with Crippen LogP contribution in [0.25, 0.3) is 0 Å². The predicted octanol–water partition coefficient (Wildman–Crippen LogP) is 1.80. The summed E-state index contributed by atoms with van der Waals surface area (Å²) in [6.07, 6.45) is 6.52. The zero-order chi connectivity index (χ0) is 20.8. The Bertz CT molecular complexity index is 849. The summed E-state index contributed by atoms with van der Waals surface area (Å²) in [6, 6.07) is 0.178. The Morgan fingerprint density at radius 2 is 1.90 bits per heavy atom. The molecule has 2 aliphatic heterocycles. The second-order valence-electron chi connectivity index (χ2n) is 8.86. The number of hydrogen-bond donors (Lipinski definition) is 0. The maximum Gasteiger partial charge on any atom is 0.227 e. The second-order valence-corrected chi connectivity index (χ2v) is 10.8. The summed E-state index contributed by atoms with van der Waals surface area (Å²) in [5, 5.41) is 3.93. The average molecular weight is 426 g/mol. The van der Waals surface area contributed by atoms with Crippen molar-refractivity contribution in [1.29, 1.82) is 0 Å². The summed E-state index contributed by atoms with van der Waals surface area (Å²) in [7, 11) is -3.22. The van der Waals surface area contributed by atoms with E-state index >= 15 is 0 Å². The van der Waals surface area contributed by atoms with Crippen LogP contribution in [0.1, 0.15) is 55.5 Å². The van der Waals surface area contributed by atoms with Crippen molar-refractivity contribution in [3.63, 3.8) is 0 Å². The van der Waals surface area contributed by atoms with Gasteiger partial charge in [-0.05, 0) is 52.4 Å². The molecule has 1 aliphatic carbocycles. The van der Waals surface area contributed by atoms with Gasteiger partial charge in [0.2, 0.25) is 15.9 Å². The van der Waals surface area contributed by atoms with Crippen LogP contribution in [0.5, 0.6) is 0 Å². The lowest BCUT2D eigenvalue weighted by Gasteiger charge is -2.48. The minimum absolute atomic E-state index is 0.0100. The zero-order valence-corrected chi connectivity index (χ0v) is 18.3. The maximum absolute atomic E-state index is 12.8. The zero-order valence-electron chi connectivity index (χ0n) is 17.5. The van der Waals surface area contributed by atoms with Gasteiger partial charge in [0, 0.05) is 37.3 Å². The average Bonchev–Trinajstić information content (AvgIpc) is 3.43. The van der Waals surface area contributed by atoms with Crippen molar-refractivity contribution in [3.05, 3.63) is 17.0 Å². The fourth-order valence-corrected chi connectivity index (χ4v) is 6.39. The molecule has 4 rings (SSSR count). The Morgan fingerprint density at radius 3 is 2.45 bits per heavy atom. The number of aromatic nitrogens is 1. The molecule has 3 fully saturated rings. The molecule has 162 valence electrons. The summed E-state index contributed by atoms with van der Waals surface area (Å²) in [4.78, 5) is 14.7. The SMILES string of the molecule is Cc1noc(C)c1CC(=O)N1CCC2(CC1)CC(N(C1CC1)S(C)(=O)=O)CCO2. The Balaban J connectivity index is 1.38. The number of piperidine rings is 1. The second kappa shape index (κ2) is 7.67. The van der Waals surface area contributed by atoms with Gasteiger partial charge in [0.1, 0.15) is 5.76 Å². The van der Waals surface area contributed by atoms with E-state index in [4.69, 9.17) is 9.26 Å². The first-order valence-corrected chi connectivity index (χ1v) is 12.4. The van der Waals surface area contributed by atoms with Gasteiger partial charge in [0.25, 0.3) is 0 Å². The highest BCUT2D eigenvalue weighted by atomic mass is 32.2. The lowest BCUT2D eigenvalue weighted by atomic mass is 9.82. The maximum atomic E-state index is 12.8. The molecule has 29 heavy (non-hydrogen) atoms. The standard InChI is InChI=1S/C20H31N3O5S/c1-14-18(15(2)28-21-14)12-19(24)22-9-7-20(8-10-22)13-17(6-11-27-20)23(16-4-5-16)29(3,25)26/h16-17H,4-13H2,1-3H3. The van der Waals surface area contributed by atoms with Gasteiger partial charge >= 0.3 is 0 Å². The third-order valence-corrected chi connectivity index (χ3v) is 8.02. The molecule has 0 aromatic carbocycles. The third kappa shape index (κ3) is 4.36. The topological polar surface area (TPSA) is 93.0 Å². The molecule has 0 bridgehead atoms. The van der Waals surface area contributed by atoms with Crippen LogP contribution in [-0.2, 0) is 26.0 Å². The third-order valence-electron chi connectivity index (χ3n) is 6.65. The van der Waals surface area contributed by atoms with Crippen molar-refractivity contribution in [3.8, 4) is 0 Å². The number of nitrogens with zero attached hydrogens (tertiary/aromatic N) is 3. The van der Waals surface area contributed by atoms with E-state index in [1.807, 2.05) is 18.7 Å². The molecule has 8 nitrogen and oxygen atoms in total. The van der Waals surface area contributed by atoms with Gasteiger partial charge in [-0.1, -0.05) is 5.16 Å². The van der Waals surface area contributed by atoms with Gasteiger partial charge in [0.15, 0.2) is 0 Å². The molecule has 2 saturated heterocycles. The molecule has 1 aromatic rings. The number of carbonyl (C=O) groups is 1. The van der Waals surface area contributed by atoms with Crippen LogP contribution in [0.2, 0.25) is 0 Å². The van der Waals surface area contributed by atoms with Crippen molar-refractivity contribution >= 4 is 15.9 Å². The lowest BCUT2D eigenvalue weighted by Crippen LogP contribution is -2.55. The van der Waals surface area contributed by atoms with Gasteiger partial charge in [-0.3, -0.25) is 4.79 Å². The van der Waals surface area contributed by atoms with Crippen molar-refractivity contribution in [1.82, 2.24) is 14.4 Å². The van der Waals surface area contributed by atoms with E-state index in [1.165, 1.54) is 6.26 Å². The molecule has 1 atom stereocenters. The van der Waals surface area contributed by atoms with E-state index in [1.54, 1.807) is 4.31 Å². The number of hydrogen-bond acceptors (Lipinski definition) is 6. The van der Waals surface area contributed by atoms with Crippen LogP contribution in [0, 0.1) is 13.8 Å². The molecule has 0 N–H and O–H groups in total. The predicted molar refractivity (Wildman–Crippen MR) is 107 cm³/mol. The molecule has 3 aliphatic rings. The number of aryl methyl sites for hydroxylation is 2. The summed E-state index contributed by atoms with van der Waals surface area (Å²) >= 11 is 0. The Hall–Kier alpha value is -1.45. The molecule has 1 spiro atoms. The van der Waals surface area contributed by atoms with Gasteiger partial charge < -0.3 is 14.2 Å². The van der Waals surface area contributed by atoms with Gasteiger partial charge in [0.05, 0.1) is 24.0 Å². The quantitative estimate of drug-likeness (QED) is 0.714. The molecular weight excluding hydrogens is 394 g/mol. The van der Waals surface area contributed by atoms with Crippen molar-refractivity contribution < 1.29 is 22.5 Å². The van der Waals surface area contributed by atoms with Gasteiger partial charge in [-0.2, -0.15) is 4.31 Å². The number of rotatable bonds is 5. The lowest BCUT2D eigenvalue weighted by molar-refractivity contribution is -0.146. The summed E-state index contributed by atoms with van der Waals surface area (Å²) in [6.45, 7) is 5.54. The normalized spacial score (nSPS) is 25.0. The minimum Gasteiger partial charge on any atom is -0.375 e. The van der Waals surface area contributed by atoms with Crippen molar-refractivity contribution in [2.75, 3.05) is 26.0 Å². The number of ether oxygens (including phenoxy) is 1. The van der Waals surface area contributed by atoms with Crippen LogP contribution in [0.4, 0.5) is 0 Å². The monoisotopic (exact) mass is 425 g/mol. The fourth-order valence-electron chi connectivity index (χ4n) is 4.92. The molecule has 0 radical (unpaired) electrons. The molecule has 9 heteroatoms. The number of carbonyl (C=O) groups excluding carboxylic acids is 1. The first-order valence-electron chi connectivity index (χ1n) is 10.5. The molecule has 3 heterocycles. The molecule has 1 saturated carbocycles. The number of likely N-dealkylation sites (tertiary alicyclic amines) is 1. The van der Waals surface area contributed by atoms with Crippen LogP contribution in [0.3, 0.4) is 0 Å². The van der Waals surface area contributed by atoms with E-state index in [2.05, 4.69) is 5.16 Å². The largest absolute Gasteiger partial charge is 0.375 e. The Morgan fingerprint density at radius 1 is 1.21 bits per heavy atom. The van der Waals surface area contributed by atoms with Crippen molar-refractivity contribution in [2.45, 2.75) is 76.5 Å². The van der Waals surface area contributed by atoms with Gasteiger partial charge in [-0.25, -0.2) is 8.42 Å². The molecule has 1 amide bonds. The van der Waals surface area contributed by atoms with E-state index < -0.39 is 10.0 Å². The fraction of sp³-hybridized carbons (Fsp3) is 0.800. The summed E-state index contributed by atoms with van der Waals surface area (Å²) in [5.74, 6) is 0.779.